The molecule has 13 heteroatoms. The quantitative estimate of drug-likeness (QED) is 0.119. The second kappa shape index (κ2) is 16.3. The molecular formula is C33H35BrN4O8. The maximum Gasteiger partial charge on any atom is 0.338 e. The Bertz CT molecular complexity index is 1630. The minimum absolute atomic E-state index is 0.181. The molecular weight excluding hydrogens is 660 g/mol. The Morgan fingerprint density at radius 2 is 1.76 bits per heavy atom. The van der Waals surface area contributed by atoms with Crippen molar-refractivity contribution in [3.8, 4) is 23.0 Å². The van der Waals surface area contributed by atoms with Crippen LogP contribution in [-0.4, -0.2) is 51.1 Å². The van der Waals surface area contributed by atoms with Gasteiger partial charge in [0.2, 0.25) is 0 Å². The van der Waals surface area contributed by atoms with E-state index in [2.05, 4.69) is 37.1 Å². The van der Waals surface area contributed by atoms with Crippen LogP contribution in [0.4, 0.5) is 4.79 Å². The zero-order valence-corrected chi connectivity index (χ0v) is 27.4. The monoisotopic (exact) mass is 694 g/mol. The predicted molar refractivity (Wildman–Crippen MR) is 174 cm³/mol. The normalized spacial score (nSPS) is 14.3. The minimum atomic E-state index is -0.777. The number of esters is 1. The van der Waals surface area contributed by atoms with Crippen LogP contribution in [0.1, 0.15) is 43.5 Å². The Hall–Kier alpha value is -5.04. The Labute approximate surface area is 275 Å². The smallest absolute Gasteiger partial charge is 0.338 e. The lowest BCUT2D eigenvalue weighted by molar-refractivity contribution is -0.139. The SMILES string of the molecule is CCOC(=O)C1=C(C)NC(=O)N[C@H]1c1ccc(OCC(=O)N/N=C\c2cc(Br)c(OCc3ccccc3)c(OCC)c2)c(OC)c1. The first-order chi connectivity index (χ1) is 22.2. The molecule has 1 atom stereocenters. The van der Waals surface area contributed by atoms with Gasteiger partial charge in [0, 0.05) is 5.70 Å². The lowest BCUT2D eigenvalue weighted by atomic mass is 9.95. The highest BCUT2D eigenvalue weighted by Gasteiger charge is 2.32. The van der Waals surface area contributed by atoms with E-state index in [1.165, 1.54) is 13.3 Å². The number of hydrogen-bond donors (Lipinski definition) is 3. The number of hydrazone groups is 1. The summed E-state index contributed by atoms with van der Waals surface area (Å²) in [5.74, 6) is 0.603. The molecule has 0 bridgehead atoms. The summed E-state index contributed by atoms with van der Waals surface area (Å²) in [7, 11) is 1.44. The fourth-order valence-electron chi connectivity index (χ4n) is 4.56. The van der Waals surface area contributed by atoms with Crippen molar-refractivity contribution in [2.45, 2.75) is 33.4 Å². The highest BCUT2D eigenvalue weighted by Crippen LogP contribution is 2.37. The average molecular weight is 696 g/mol. The second-order valence-corrected chi connectivity index (χ2v) is 10.7. The zero-order chi connectivity index (χ0) is 33.1. The molecule has 3 amide bonds. The number of nitrogens with zero attached hydrogens (tertiary/aromatic N) is 1. The molecule has 0 unspecified atom stereocenters. The number of ether oxygens (including phenoxy) is 5. The fourth-order valence-corrected chi connectivity index (χ4v) is 5.13. The highest BCUT2D eigenvalue weighted by atomic mass is 79.9. The van der Waals surface area contributed by atoms with E-state index in [4.69, 9.17) is 23.7 Å². The maximum absolute atomic E-state index is 12.6. The van der Waals surface area contributed by atoms with Crippen molar-refractivity contribution in [3.63, 3.8) is 0 Å². The summed E-state index contributed by atoms with van der Waals surface area (Å²) in [6.07, 6.45) is 1.48. The zero-order valence-electron chi connectivity index (χ0n) is 25.8. The molecule has 4 rings (SSSR count). The Morgan fingerprint density at radius 3 is 2.48 bits per heavy atom. The molecule has 0 aromatic heterocycles. The van der Waals surface area contributed by atoms with E-state index in [-0.39, 0.29) is 24.5 Å². The largest absolute Gasteiger partial charge is 0.493 e. The van der Waals surface area contributed by atoms with Gasteiger partial charge in [0.1, 0.15) is 6.61 Å². The summed E-state index contributed by atoms with van der Waals surface area (Å²) in [5, 5.41) is 9.38. The molecule has 0 spiro atoms. The molecule has 0 saturated heterocycles. The van der Waals surface area contributed by atoms with Crippen LogP contribution in [0, 0.1) is 0 Å². The third-order valence-corrected chi connectivity index (χ3v) is 7.19. The van der Waals surface area contributed by atoms with Crippen LogP contribution >= 0.6 is 15.9 Å². The number of rotatable bonds is 14. The molecule has 0 fully saturated rings. The van der Waals surface area contributed by atoms with E-state index < -0.39 is 23.9 Å². The van der Waals surface area contributed by atoms with Crippen LogP contribution in [0.3, 0.4) is 0 Å². The number of carbonyl (C=O) groups excluding carboxylic acids is 3. The minimum Gasteiger partial charge on any atom is -0.493 e. The average Bonchev–Trinajstić information content (AvgIpc) is 3.03. The lowest BCUT2D eigenvalue weighted by Crippen LogP contribution is -2.45. The van der Waals surface area contributed by atoms with Gasteiger partial charge in [-0.2, -0.15) is 5.10 Å². The number of urea groups is 1. The molecule has 1 aliphatic rings. The molecule has 46 heavy (non-hydrogen) atoms. The Morgan fingerprint density at radius 1 is 0.978 bits per heavy atom. The van der Waals surface area contributed by atoms with Gasteiger partial charge in [-0.05, 0) is 77.7 Å². The van der Waals surface area contributed by atoms with Crippen molar-refractivity contribution >= 4 is 40.1 Å². The first-order valence-electron chi connectivity index (χ1n) is 14.4. The van der Waals surface area contributed by atoms with E-state index in [1.807, 2.05) is 37.3 Å². The van der Waals surface area contributed by atoms with Gasteiger partial charge in [0.15, 0.2) is 29.6 Å². The Balaban J connectivity index is 1.39. The number of allylic oxidation sites excluding steroid dienone is 1. The van der Waals surface area contributed by atoms with Gasteiger partial charge in [-0.1, -0.05) is 36.4 Å². The van der Waals surface area contributed by atoms with Crippen molar-refractivity contribution in [2.24, 2.45) is 5.10 Å². The van der Waals surface area contributed by atoms with Crippen LogP contribution in [0.25, 0.3) is 0 Å². The molecule has 12 nitrogen and oxygen atoms in total. The topological polar surface area (TPSA) is 146 Å². The maximum atomic E-state index is 12.6. The van der Waals surface area contributed by atoms with Crippen molar-refractivity contribution in [3.05, 3.63) is 93.1 Å². The molecule has 0 aliphatic carbocycles. The lowest BCUT2D eigenvalue weighted by Gasteiger charge is -2.28. The summed E-state index contributed by atoms with van der Waals surface area (Å²) in [4.78, 5) is 37.3. The number of nitrogens with one attached hydrogen (secondary N) is 3. The van der Waals surface area contributed by atoms with Crippen LogP contribution in [0.15, 0.2) is 81.5 Å². The van der Waals surface area contributed by atoms with Crippen molar-refractivity contribution < 1.29 is 38.1 Å². The van der Waals surface area contributed by atoms with E-state index in [1.54, 1.807) is 44.2 Å². The summed E-state index contributed by atoms with van der Waals surface area (Å²) < 4.78 is 28.8. The number of hydrogen-bond acceptors (Lipinski definition) is 9. The first-order valence-corrected chi connectivity index (χ1v) is 15.2. The summed E-state index contributed by atoms with van der Waals surface area (Å²) in [6.45, 7) is 5.83. The van der Waals surface area contributed by atoms with E-state index in [9.17, 15) is 14.4 Å². The van der Waals surface area contributed by atoms with Crippen LogP contribution < -0.4 is 35.0 Å². The van der Waals surface area contributed by atoms with Crippen LogP contribution in [0.5, 0.6) is 23.0 Å². The predicted octanol–water partition coefficient (Wildman–Crippen LogP) is 5.16. The first kappa shape index (κ1) is 33.8. The number of halogens is 1. The number of carbonyl (C=O) groups is 3. The molecule has 3 N–H and O–H groups in total. The molecule has 1 heterocycles. The van der Waals surface area contributed by atoms with E-state index >= 15 is 0 Å². The number of methoxy groups -OCH3 is 1. The highest BCUT2D eigenvalue weighted by molar-refractivity contribution is 9.10. The van der Waals surface area contributed by atoms with Crippen LogP contribution in [0.2, 0.25) is 0 Å². The fraction of sp³-hybridized carbons (Fsp3) is 0.273. The van der Waals surface area contributed by atoms with Crippen molar-refractivity contribution in [2.75, 3.05) is 26.9 Å². The summed E-state index contributed by atoms with van der Waals surface area (Å²) in [5.41, 5.74) is 5.34. The molecule has 1 aliphatic heterocycles. The summed E-state index contributed by atoms with van der Waals surface area (Å²) in [6, 6.07) is 17.0. The van der Waals surface area contributed by atoms with Gasteiger partial charge in [-0.25, -0.2) is 15.0 Å². The third-order valence-electron chi connectivity index (χ3n) is 6.60. The van der Waals surface area contributed by atoms with Gasteiger partial charge in [0.05, 0.1) is 42.6 Å². The van der Waals surface area contributed by atoms with Gasteiger partial charge in [-0.3, -0.25) is 4.79 Å². The van der Waals surface area contributed by atoms with Crippen LogP contribution in [-0.2, 0) is 20.9 Å². The van der Waals surface area contributed by atoms with Gasteiger partial charge >= 0.3 is 12.0 Å². The second-order valence-electron chi connectivity index (χ2n) is 9.82. The molecule has 0 saturated carbocycles. The van der Waals surface area contributed by atoms with Crippen molar-refractivity contribution in [1.29, 1.82) is 0 Å². The van der Waals surface area contributed by atoms with E-state index in [0.29, 0.717) is 51.8 Å². The standard InChI is InChI=1S/C33H35BrN4O8/c1-5-43-27-15-22(14-24(34)31(27)46-18-21-10-8-7-9-11-21)17-35-38-28(39)19-45-25-13-12-23(16-26(25)42-4)30-29(32(40)44-6-2)20(3)36-33(41)37-30/h7-17,30H,5-6,18-19H2,1-4H3,(H,38,39)(H2,36,37,41)/b35-17-/t30-/m0/s1. The van der Waals surface area contributed by atoms with Gasteiger partial charge in [-0.15, -0.1) is 0 Å². The Kier molecular flexibility index (Phi) is 12.0. The third kappa shape index (κ3) is 8.78. The number of benzene rings is 3. The van der Waals surface area contributed by atoms with Gasteiger partial charge in [0.25, 0.3) is 5.91 Å². The molecule has 3 aromatic carbocycles. The van der Waals surface area contributed by atoms with Gasteiger partial charge < -0.3 is 34.3 Å². The molecule has 3 aromatic rings. The van der Waals surface area contributed by atoms with Crippen molar-refractivity contribution in [1.82, 2.24) is 16.1 Å². The summed E-state index contributed by atoms with van der Waals surface area (Å²) >= 11 is 3.55. The van der Waals surface area contributed by atoms with E-state index in [0.717, 1.165) is 5.56 Å². The molecule has 242 valence electrons. The number of amides is 3. The molecule has 0 radical (unpaired) electrons.